The molecule has 0 radical (unpaired) electrons. The van der Waals surface area contributed by atoms with Crippen LogP contribution in [0.25, 0.3) is 0 Å². The molecule has 0 atom stereocenters. The molecule has 1 heterocycles. The molecule has 1 saturated heterocycles. The quantitative estimate of drug-likeness (QED) is 0.812. The number of rotatable bonds is 5. The lowest BCUT2D eigenvalue weighted by atomic mass is 10.1. The summed E-state index contributed by atoms with van der Waals surface area (Å²) in [5.41, 5.74) is 0.678. The Kier molecular flexibility index (Phi) is 6.17. The second kappa shape index (κ2) is 8.56. The van der Waals surface area contributed by atoms with Crippen LogP contribution < -0.4 is 4.74 Å². The summed E-state index contributed by atoms with van der Waals surface area (Å²) in [5, 5.41) is 0. The van der Waals surface area contributed by atoms with Gasteiger partial charge in [-0.3, -0.25) is 9.59 Å². The minimum atomic E-state index is 0.0355. The van der Waals surface area contributed by atoms with Crippen molar-refractivity contribution in [1.82, 2.24) is 9.80 Å². The SMILES string of the molecule is CC(C)COc1ccc(C(=O)N2CCN(C(=O)C3CCCC3)CC2)cc1. The highest BCUT2D eigenvalue weighted by Crippen LogP contribution is 2.27. The standard InChI is InChI=1S/C21H30N2O3/c1-16(2)15-26-19-9-7-18(8-10-19)21(25)23-13-11-22(12-14-23)20(24)17-5-3-4-6-17/h7-10,16-17H,3-6,11-15H2,1-2H3. The third kappa shape index (κ3) is 4.57. The molecule has 1 aromatic rings. The van der Waals surface area contributed by atoms with Gasteiger partial charge < -0.3 is 14.5 Å². The third-order valence-electron chi connectivity index (χ3n) is 5.27. The fourth-order valence-corrected chi connectivity index (χ4v) is 3.70. The summed E-state index contributed by atoms with van der Waals surface area (Å²) < 4.78 is 5.67. The molecule has 0 N–H and O–H groups in total. The zero-order valence-corrected chi connectivity index (χ0v) is 15.9. The zero-order chi connectivity index (χ0) is 18.5. The first kappa shape index (κ1) is 18.7. The number of piperazine rings is 1. The van der Waals surface area contributed by atoms with E-state index in [0.717, 1.165) is 18.6 Å². The van der Waals surface area contributed by atoms with Gasteiger partial charge in [-0.2, -0.15) is 0 Å². The lowest BCUT2D eigenvalue weighted by Gasteiger charge is -2.36. The molecule has 1 aliphatic carbocycles. The molecule has 3 rings (SSSR count). The molecular formula is C21H30N2O3. The maximum atomic E-state index is 12.7. The first-order chi connectivity index (χ1) is 12.5. The molecule has 5 nitrogen and oxygen atoms in total. The Morgan fingerprint density at radius 2 is 1.58 bits per heavy atom. The van der Waals surface area contributed by atoms with E-state index < -0.39 is 0 Å². The fourth-order valence-electron chi connectivity index (χ4n) is 3.70. The van der Waals surface area contributed by atoms with Crippen molar-refractivity contribution >= 4 is 11.8 Å². The molecule has 2 amide bonds. The Bertz CT molecular complexity index is 613. The molecule has 2 aliphatic rings. The van der Waals surface area contributed by atoms with Crippen LogP contribution in [0.15, 0.2) is 24.3 Å². The predicted octanol–water partition coefficient (Wildman–Crippen LogP) is 3.20. The van der Waals surface area contributed by atoms with E-state index in [9.17, 15) is 9.59 Å². The first-order valence-electron chi connectivity index (χ1n) is 9.85. The van der Waals surface area contributed by atoms with Gasteiger partial charge in [-0.05, 0) is 43.0 Å². The molecule has 0 unspecified atom stereocenters. The third-order valence-corrected chi connectivity index (χ3v) is 5.27. The Morgan fingerprint density at radius 1 is 1.00 bits per heavy atom. The number of nitrogens with zero attached hydrogens (tertiary/aromatic N) is 2. The van der Waals surface area contributed by atoms with Crippen molar-refractivity contribution in [3.63, 3.8) is 0 Å². The molecule has 2 fully saturated rings. The van der Waals surface area contributed by atoms with Crippen LogP contribution >= 0.6 is 0 Å². The van der Waals surface area contributed by atoms with Crippen LogP contribution in [-0.2, 0) is 4.79 Å². The van der Waals surface area contributed by atoms with Crippen LogP contribution in [0.3, 0.4) is 0 Å². The Morgan fingerprint density at radius 3 is 2.15 bits per heavy atom. The van der Waals surface area contributed by atoms with Gasteiger partial charge >= 0.3 is 0 Å². The minimum absolute atomic E-state index is 0.0355. The number of carbonyl (C=O) groups is 2. The number of carbonyl (C=O) groups excluding carboxylic acids is 2. The highest BCUT2D eigenvalue weighted by atomic mass is 16.5. The normalized spacial score (nSPS) is 18.4. The molecule has 1 aliphatic heterocycles. The van der Waals surface area contributed by atoms with Crippen molar-refractivity contribution in [3.8, 4) is 5.75 Å². The molecule has 5 heteroatoms. The predicted molar refractivity (Wildman–Crippen MR) is 101 cm³/mol. The summed E-state index contributed by atoms with van der Waals surface area (Å²) in [6.07, 6.45) is 4.41. The summed E-state index contributed by atoms with van der Waals surface area (Å²) in [7, 11) is 0. The van der Waals surface area contributed by atoms with E-state index in [4.69, 9.17) is 4.74 Å². The smallest absolute Gasteiger partial charge is 0.253 e. The lowest BCUT2D eigenvalue weighted by molar-refractivity contribution is -0.136. The second-order valence-corrected chi connectivity index (χ2v) is 7.83. The van der Waals surface area contributed by atoms with Crippen molar-refractivity contribution in [2.75, 3.05) is 32.8 Å². The van der Waals surface area contributed by atoms with Gasteiger partial charge in [0, 0.05) is 37.7 Å². The molecule has 142 valence electrons. The van der Waals surface area contributed by atoms with Crippen LogP contribution in [0, 0.1) is 11.8 Å². The van der Waals surface area contributed by atoms with E-state index in [-0.39, 0.29) is 11.8 Å². The summed E-state index contributed by atoms with van der Waals surface area (Å²) in [6, 6.07) is 7.37. The molecule has 1 saturated carbocycles. The summed E-state index contributed by atoms with van der Waals surface area (Å²) >= 11 is 0. The fraction of sp³-hybridized carbons (Fsp3) is 0.619. The van der Waals surface area contributed by atoms with Crippen molar-refractivity contribution in [2.45, 2.75) is 39.5 Å². The van der Waals surface area contributed by atoms with E-state index in [1.54, 1.807) is 0 Å². The van der Waals surface area contributed by atoms with Gasteiger partial charge in [0.15, 0.2) is 0 Å². The summed E-state index contributed by atoms with van der Waals surface area (Å²) in [5.74, 6) is 1.81. The van der Waals surface area contributed by atoms with Gasteiger partial charge in [-0.15, -0.1) is 0 Å². The van der Waals surface area contributed by atoms with Crippen molar-refractivity contribution < 1.29 is 14.3 Å². The van der Waals surface area contributed by atoms with Crippen LogP contribution in [-0.4, -0.2) is 54.4 Å². The second-order valence-electron chi connectivity index (χ2n) is 7.83. The van der Waals surface area contributed by atoms with Gasteiger partial charge in [0.25, 0.3) is 5.91 Å². The maximum Gasteiger partial charge on any atom is 0.253 e. The summed E-state index contributed by atoms with van der Waals surface area (Å²) in [6.45, 7) is 7.41. The molecule has 26 heavy (non-hydrogen) atoms. The molecule has 1 aromatic carbocycles. The van der Waals surface area contributed by atoms with Crippen LogP contribution in [0.5, 0.6) is 5.75 Å². The van der Waals surface area contributed by atoms with Crippen molar-refractivity contribution in [3.05, 3.63) is 29.8 Å². The van der Waals surface area contributed by atoms with Gasteiger partial charge in [0.1, 0.15) is 5.75 Å². The van der Waals surface area contributed by atoms with Crippen LogP contribution in [0.2, 0.25) is 0 Å². The molecule has 0 aromatic heterocycles. The molecular weight excluding hydrogens is 328 g/mol. The monoisotopic (exact) mass is 358 g/mol. The number of ether oxygens (including phenoxy) is 1. The average molecular weight is 358 g/mol. The zero-order valence-electron chi connectivity index (χ0n) is 15.9. The van der Waals surface area contributed by atoms with E-state index in [0.29, 0.717) is 50.2 Å². The van der Waals surface area contributed by atoms with Gasteiger partial charge in [0.05, 0.1) is 6.61 Å². The number of benzene rings is 1. The highest BCUT2D eigenvalue weighted by Gasteiger charge is 2.30. The highest BCUT2D eigenvalue weighted by molar-refractivity contribution is 5.94. The first-order valence-corrected chi connectivity index (χ1v) is 9.85. The van der Waals surface area contributed by atoms with E-state index in [1.165, 1.54) is 12.8 Å². The van der Waals surface area contributed by atoms with Crippen molar-refractivity contribution in [2.24, 2.45) is 11.8 Å². The lowest BCUT2D eigenvalue weighted by Crippen LogP contribution is -2.51. The van der Waals surface area contributed by atoms with E-state index in [1.807, 2.05) is 34.1 Å². The Hall–Kier alpha value is -2.04. The van der Waals surface area contributed by atoms with E-state index in [2.05, 4.69) is 13.8 Å². The van der Waals surface area contributed by atoms with Crippen LogP contribution in [0.4, 0.5) is 0 Å². The Labute approximate surface area is 156 Å². The molecule has 0 bridgehead atoms. The summed E-state index contributed by atoms with van der Waals surface area (Å²) in [4.78, 5) is 29.0. The largest absolute Gasteiger partial charge is 0.493 e. The topological polar surface area (TPSA) is 49.9 Å². The Balaban J connectivity index is 1.50. The average Bonchev–Trinajstić information content (AvgIpc) is 3.20. The van der Waals surface area contributed by atoms with Gasteiger partial charge in [-0.1, -0.05) is 26.7 Å². The van der Waals surface area contributed by atoms with Crippen molar-refractivity contribution in [1.29, 1.82) is 0 Å². The minimum Gasteiger partial charge on any atom is -0.493 e. The van der Waals surface area contributed by atoms with Gasteiger partial charge in [-0.25, -0.2) is 0 Å². The molecule has 0 spiro atoms. The number of amides is 2. The van der Waals surface area contributed by atoms with Crippen LogP contribution in [0.1, 0.15) is 49.9 Å². The number of hydrogen-bond donors (Lipinski definition) is 0. The van der Waals surface area contributed by atoms with E-state index >= 15 is 0 Å². The maximum absolute atomic E-state index is 12.7. The van der Waals surface area contributed by atoms with Gasteiger partial charge in [0.2, 0.25) is 5.91 Å². The number of hydrogen-bond acceptors (Lipinski definition) is 3.